The molecule has 1 unspecified atom stereocenters. The van der Waals surface area contributed by atoms with E-state index in [0.29, 0.717) is 0 Å². The molecule has 2 rings (SSSR count). The number of carbonyl (C=O) groups is 1. The van der Waals surface area contributed by atoms with E-state index in [4.69, 9.17) is 5.11 Å². The second kappa shape index (κ2) is 5.78. The van der Waals surface area contributed by atoms with Gasteiger partial charge in [-0.1, -0.05) is 6.07 Å². The van der Waals surface area contributed by atoms with Crippen LogP contribution in [0.1, 0.15) is 19.3 Å². The number of benzene rings is 1. The average Bonchev–Trinajstić information content (AvgIpc) is 3.21. The zero-order chi connectivity index (χ0) is 15.6. The molecule has 9 heteroatoms. The Morgan fingerprint density at radius 1 is 1.48 bits per heavy atom. The number of aliphatic carboxylic acids is 1. The van der Waals surface area contributed by atoms with Crippen LogP contribution in [0.4, 0.5) is 5.69 Å². The minimum absolute atomic E-state index is 0.00886. The van der Waals surface area contributed by atoms with Crippen molar-refractivity contribution in [3.8, 4) is 0 Å². The van der Waals surface area contributed by atoms with Crippen molar-refractivity contribution in [3.05, 3.63) is 34.4 Å². The van der Waals surface area contributed by atoms with E-state index in [9.17, 15) is 23.3 Å². The van der Waals surface area contributed by atoms with E-state index in [1.807, 2.05) is 0 Å². The lowest BCUT2D eigenvalue weighted by molar-refractivity contribution is -0.385. The molecule has 0 bridgehead atoms. The number of non-ortho nitro benzene ring substituents is 1. The number of nitrogens with zero attached hydrogens (tertiary/aromatic N) is 1. The Kier molecular flexibility index (Phi) is 4.24. The van der Waals surface area contributed by atoms with E-state index in [1.54, 1.807) is 0 Å². The van der Waals surface area contributed by atoms with Crippen molar-refractivity contribution in [2.45, 2.75) is 30.2 Å². The molecular weight excluding hydrogens is 300 g/mol. The molecule has 0 saturated heterocycles. The Morgan fingerprint density at radius 2 is 2.14 bits per heavy atom. The molecule has 1 aromatic carbocycles. The van der Waals surface area contributed by atoms with Crippen molar-refractivity contribution in [2.75, 3.05) is 0 Å². The van der Waals surface area contributed by atoms with Gasteiger partial charge in [-0.2, -0.15) is 0 Å². The zero-order valence-corrected chi connectivity index (χ0v) is 11.7. The number of nitrogens with one attached hydrogen (secondary N) is 1. The first kappa shape index (κ1) is 15.4. The van der Waals surface area contributed by atoms with E-state index < -0.39 is 27.0 Å². The average molecular weight is 314 g/mol. The summed E-state index contributed by atoms with van der Waals surface area (Å²) in [4.78, 5) is 20.5. The molecule has 21 heavy (non-hydrogen) atoms. The van der Waals surface area contributed by atoms with Crippen molar-refractivity contribution >= 4 is 21.7 Å². The van der Waals surface area contributed by atoms with Crippen molar-refractivity contribution < 1.29 is 23.2 Å². The number of nitro groups is 1. The number of carboxylic acid groups (broad SMARTS) is 1. The van der Waals surface area contributed by atoms with Crippen molar-refractivity contribution in [3.63, 3.8) is 0 Å². The molecule has 1 aliphatic rings. The molecule has 1 fully saturated rings. The van der Waals surface area contributed by atoms with Gasteiger partial charge in [-0.15, -0.1) is 0 Å². The van der Waals surface area contributed by atoms with E-state index in [0.717, 1.165) is 18.9 Å². The topological polar surface area (TPSA) is 127 Å². The van der Waals surface area contributed by atoms with Crippen LogP contribution in [0.5, 0.6) is 0 Å². The van der Waals surface area contributed by atoms with Crippen LogP contribution in [-0.2, 0) is 14.8 Å². The standard InChI is InChI=1S/C12H14N2O6S/c15-12(16)7-11(8-4-5-8)13-21(19,20)10-3-1-2-9(6-10)14(17)18/h1-3,6,8,11,13H,4-5,7H2,(H,15,16). The lowest BCUT2D eigenvalue weighted by Crippen LogP contribution is -2.38. The predicted molar refractivity (Wildman–Crippen MR) is 72.2 cm³/mol. The molecule has 0 spiro atoms. The van der Waals surface area contributed by atoms with Crippen molar-refractivity contribution in [1.82, 2.24) is 4.72 Å². The van der Waals surface area contributed by atoms with Gasteiger partial charge in [0, 0.05) is 18.2 Å². The Morgan fingerprint density at radius 3 is 2.67 bits per heavy atom. The second-order valence-electron chi connectivity index (χ2n) is 4.92. The highest BCUT2D eigenvalue weighted by molar-refractivity contribution is 7.89. The highest BCUT2D eigenvalue weighted by Gasteiger charge is 2.35. The predicted octanol–water partition coefficient (Wildman–Crippen LogP) is 1.13. The minimum Gasteiger partial charge on any atom is -0.481 e. The first-order valence-corrected chi connectivity index (χ1v) is 7.76. The van der Waals surface area contributed by atoms with Crippen LogP contribution in [0.25, 0.3) is 0 Å². The first-order chi connectivity index (χ1) is 9.79. The van der Waals surface area contributed by atoms with E-state index in [-0.39, 0.29) is 22.9 Å². The minimum atomic E-state index is -3.98. The van der Waals surface area contributed by atoms with Crippen LogP contribution in [0.15, 0.2) is 29.2 Å². The van der Waals surface area contributed by atoms with Gasteiger partial charge in [0.05, 0.1) is 16.2 Å². The maximum Gasteiger partial charge on any atom is 0.304 e. The molecule has 0 aliphatic heterocycles. The maximum absolute atomic E-state index is 12.2. The molecule has 8 nitrogen and oxygen atoms in total. The fourth-order valence-electron chi connectivity index (χ4n) is 2.02. The zero-order valence-electron chi connectivity index (χ0n) is 10.9. The van der Waals surface area contributed by atoms with Crippen LogP contribution in [0, 0.1) is 16.0 Å². The van der Waals surface area contributed by atoms with E-state index >= 15 is 0 Å². The summed E-state index contributed by atoms with van der Waals surface area (Å²) in [6.07, 6.45) is 1.24. The number of carboxylic acids is 1. The fourth-order valence-corrected chi connectivity index (χ4v) is 3.37. The number of rotatable bonds is 7. The summed E-state index contributed by atoms with van der Waals surface area (Å²) >= 11 is 0. The van der Waals surface area contributed by atoms with Crippen LogP contribution in [0.3, 0.4) is 0 Å². The summed E-state index contributed by atoms with van der Waals surface area (Å²) < 4.78 is 26.7. The normalized spacial score (nSPS) is 16.4. The molecule has 0 amide bonds. The Bertz CT molecular complexity index is 668. The van der Waals surface area contributed by atoms with Crippen molar-refractivity contribution in [2.24, 2.45) is 5.92 Å². The third-order valence-corrected chi connectivity index (χ3v) is 4.72. The monoisotopic (exact) mass is 314 g/mol. The summed E-state index contributed by atoms with van der Waals surface area (Å²) in [7, 11) is -3.98. The highest BCUT2D eigenvalue weighted by Crippen LogP contribution is 2.34. The van der Waals surface area contributed by atoms with Gasteiger partial charge in [0.1, 0.15) is 0 Å². The number of sulfonamides is 1. The van der Waals surface area contributed by atoms with Gasteiger partial charge in [0.15, 0.2) is 0 Å². The number of hydrogen-bond donors (Lipinski definition) is 2. The van der Waals surface area contributed by atoms with Gasteiger partial charge in [0.25, 0.3) is 5.69 Å². The number of hydrogen-bond acceptors (Lipinski definition) is 5. The van der Waals surface area contributed by atoms with Crippen LogP contribution in [0.2, 0.25) is 0 Å². The number of nitro benzene ring substituents is 1. The highest BCUT2D eigenvalue weighted by atomic mass is 32.2. The summed E-state index contributed by atoms with van der Waals surface area (Å²) in [5, 5.41) is 19.5. The molecule has 0 heterocycles. The summed E-state index contributed by atoms with van der Waals surface area (Å²) in [5.74, 6) is -1.08. The molecule has 1 atom stereocenters. The molecule has 114 valence electrons. The quantitative estimate of drug-likeness (QED) is 0.573. The Balaban J connectivity index is 2.22. The van der Waals surface area contributed by atoms with Gasteiger partial charge in [-0.3, -0.25) is 14.9 Å². The SMILES string of the molecule is O=C(O)CC(NS(=O)(=O)c1cccc([N+](=O)[O-])c1)C1CC1. The molecule has 0 radical (unpaired) electrons. The largest absolute Gasteiger partial charge is 0.481 e. The lowest BCUT2D eigenvalue weighted by Gasteiger charge is -2.16. The van der Waals surface area contributed by atoms with Crippen LogP contribution >= 0.6 is 0 Å². The molecular formula is C12H14N2O6S. The molecule has 1 saturated carbocycles. The van der Waals surface area contributed by atoms with E-state index in [1.165, 1.54) is 18.2 Å². The fraction of sp³-hybridized carbons (Fsp3) is 0.417. The van der Waals surface area contributed by atoms with Gasteiger partial charge in [-0.05, 0) is 24.8 Å². The third kappa shape index (κ3) is 3.99. The lowest BCUT2D eigenvalue weighted by atomic mass is 10.1. The molecule has 1 aliphatic carbocycles. The van der Waals surface area contributed by atoms with E-state index in [2.05, 4.69) is 4.72 Å². The Labute approximate surface area is 121 Å². The third-order valence-electron chi connectivity index (χ3n) is 3.23. The summed E-state index contributed by atoms with van der Waals surface area (Å²) in [6, 6.07) is 3.96. The molecule has 0 aromatic heterocycles. The summed E-state index contributed by atoms with van der Waals surface area (Å²) in [6.45, 7) is 0. The van der Waals surface area contributed by atoms with Crippen LogP contribution < -0.4 is 4.72 Å². The second-order valence-corrected chi connectivity index (χ2v) is 6.63. The molecule has 2 N–H and O–H groups in total. The Hall–Kier alpha value is -2.00. The molecule has 1 aromatic rings. The van der Waals surface area contributed by atoms with Crippen LogP contribution in [-0.4, -0.2) is 30.5 Å². The smallest absolute Gasteiger partial charge is 0.304 e. The van der Waals surface area contributed by atoms with Gasteiger partial charge < -0.3 is 5.11 Å². The van der Waals surface area contributed by atoms with Gasteiger partial charge in [-0.25, -0.2) is 13.1 Å². The first-order valence-electron chi connectivity index (χ1n) is 6.28. The van der Waals surface area contributed by atoms with Gasteiger partial charge in [0.2, 0.25) is 10.0 Å². The maximum atomic E-state index is 12.2. The van der Waals surface area contributed by atoms with Crippen molar-refractivity contribution in [1.29, 1.82) is 0 Å². The summed E-state index contributed by atoms with van der Waals surface area (Å²) in [5.41, 5.74) is -0.334. The van der Waals surface area contributed by atoms with Gasteiger partial charge >= 0.3 is 5.97 Å².